The smallest absolute Gasteiger partial charge is 0.191 e. The van der Waals surface area contributed by atoms with Gasteiger partial charge in [-0.25, -0.2) is 0 Å². The minimum absolute atomic E-state index is 0. The fraction of sp³-hybridized carbons (Fsp3) is 0.462. The number of hydrogen-bond acceptors (Lipinski definition) is 2. The van der Waals surface area contributed by atoms with Crippen molar-refractivity contribution in [3.8, 4) is 0 Å². The third-order valence-electron chi connectivity index (χ3n) is 2.87. The topological polar surface area (TPSA) is 36.4 Å². The van der Waals surface area contributed by atoms with Crippen LogP contribution < -0.4 is 10.6 Å². The van der Waals surface area contributed by atoms with Crippen LogP contribution in [0.2, 0.25) is 4.34 Å². The molecule has 1 heterocycles. The van der Waals surface area contributed by atoms with E-state index in [-0.39, 0.29) is 24.0 Å². The van der Waals surface area contributed by atoms with Gasteiger partial charge in [0.25, 0.3) is 0 Å². The van der Waals surface area contributed by atoms with Gasteiger partial charge >= 0.3 is 0 Å². The van der Waals surface area contributed by atoms with E-state index in [0.29, 0.717) is 6.04 Å². The maximum Gasteiger partial charge on any atom is 0.191 e. The lowest BCUT2D eigenvalue weighted by Gasteiger charge is -2.16. The highest BCUT2D eigenvalue weighted by Crippen LogP contribution is 2.21. The van der Waals surface area contributed by atoms with Crippen molar-refractivity contribution in [2.45, 2.75) is 25.3 Å². The van der Waals surface area contributed by atoms with Gasteiger partial charge in [-0.15, -0.1) is 35.3 Å². The second-order valence-corrected chi connectivity index (χ2v) is 6.04. The maximum absolute atomic E-state index is 5.90. The van der Waals surface area contributed by atoms with Crippen molar-refractivity contribution >= 4 is 52.9 Å². The van der Waals surface area contributed by atoms with E-state index in [0.717, 1.165) is 36.1 Å². The fourth-order valence-electron chi connectivity index (χ4n) is 1.91. The minimum atomic E-state index is 0. The number of thiophene rings is 1. The highest BCUT2D eigenvalue weighted by molar-refractivity contribution is 14.0. The van der Waals surface area contributed by atoms with Gasteiger partial charge < -0.3 is 10.6 Å². The summed E-state index contributed by atoms with van der Waals surface area (Å²) in [6.07, 6.45) is 7.56. The van der Waals surface area contributed by atoms with Crippen LogP contribution in [0.15, 0.2) is 29.3 Å². The molecule has 1 aliphatic rings. The molecular weight excluding hydrogens is 393 g/mol. The van der Waals surface area contributed by atoms with Crippen molar-refractivity contribution in [1.82, 2.24) is 10.6 Å². The number of nitrogens with zero attached hydrogens (tertiary/aromatic N) is 1. The summed E-state index contributed by atoms with van der Waals surface area (Å²) in [5.74, 6) is 0.881. The molecular formula is C13H19ClIN3S. The highest BCUT2D eigenvalue weighted by atomic mass is 127. The molecule has 0 spiro atoms. The SMILES string of the molecule is CN=C(NCCc1ccc(Cl)s1)NC1CC=CC1.I. The summed E-state index contributed by atoms with van der Waals surface area (Å²) in [6.45, 7) is 0.872. The largest absolute Gasteiger partial charge is 0.356 e. The lowest BCUT2D eigenvalue weighted by atomic mass is 10.2. The molecule has 0 saturated carbocycles. The van der Waals surface area contributed by atoms with Crippen LogP contribution in [0, 0.1) is 0 Å². The third kappa shape index (κ3) is 5.71. The first-order chi connectivity index (χ1) is 8.78. The quantitative estimate of drug-likeness (QED) is 0.345. The number of nitrogens with one attached hydrogen (secondary N) is 2. The molecule has 1 aliphatic carbocycles. The minimum Gasteiger partial charge on any atom is -0.356 e. The lowest BCUT2D eigenvalue weighted by molar-refractivity contribution is 0.633. The molecule has 0 amide bonds. The van der Waals surface area contributed by atoms with Gasteiger partial charge in [-0.1, -0.05) is 23.8 Å². The van der Waals surface area contributed by atoms with Gasteiger partial charge in [0.15, 0.2) is 5.96 Å². The van der Waals surface area contributed by atoms with Crippen molar-refractivity contribution in [2.24, 2.45) is 4.99 Å². The molecule has 1 aromatic rings. The molecule has 1 aromatic heterocycles. The first-order valence-corrected chi connectivity index (χ1v) is 7.34. The Morgan fingerprint density at radius 2 is 2.16 bits per heavy atom. The summed E-state index contributed by atoms with van der Waals surface area (Å²) in [7, 11) is 1.81. The van der Waals surface area contributed by atoms with Crippen LogP contribution in [-0.4, -0.2) is 25.6 Å². The second kappa shape index (κ2) is 8.81. The second-order valence-electron chi connectivity index (χ2n) is 4.24. The number of rotatable bonds is 4. The number of guanidine groups is 1. The van der Waals surface area contributed by atoms with Gasteiger partial charge in [0.2, 0.25) is 0 Å². The zero-order valence-electron chi connectivity index (χ0n) is 10.9. The Balaban J connectivity index is 0.00000180. The van der Waals surface area contributed by atoms with Crippen molar-refractivity contribution in [1.29, 1.82) is 0 Å². The average molecular weight is 412 g/mol. The Hall–Kier alpha value is -0.270. The molecule has 106 valence electrons. The molecule has 0 atom stereocenters. The molecule has 0 unspecified atom stereocenters. The van der Waals surface area contributed by atoms with E-state index < -0.39 is 0 Å². The van der Waals surface area contributed by atoms with Crippen molar-refractivity contribution in [3.63, 3.8) is 0 Å². The summed E-state index contributed by atoms with van der Waals surface area (Å²) < 4.78 is 0.851. The van der Waals surface area contributed by atoms with E-state index in [2.05, 4.69) is 33.8 Å². The van der Waals surface area contributed by atoms with Crippen molar-refractivity contribution in [2.75, 3.05) is 13.6 Å². The van der Waals surface area contributed by atoms with Gasteiger partial charge in [-0.3, -0.25) is 4.99 Å². The molecule has 6 heteroatoms. The summed E-state index contributed by atoms with van der Waals surface area (Å²) >= 11 is 7.53. The first-order valence-electron chi connectivity index (χ1n) is 6.14. The Morgan fingerprint density at radius 1 is 1.42 bits per heavy atom. The first kappa shape index (κ1) is 16.8. The van der Waals surface area contributed by atoms with E-state index in [1.807, 2.05) is 6.07 Å². The monoisotopic (exact) mass is 411 g/mol. The molecule has 2 N–H and O–H groups in total. The van der Waals surface area contributed by atoms with Crippen molar-refractivity contribution < 1.29 is 0 Å². The Kier molecular flexibility index (Phi) is 7.78. The van der Waals surface area contributed by atoms with Crippen LogP contribution >= 0.6 is 46.9 Å². The van der Waals surface area contributed by atoms with Crippen LogP contribution in [-0.2, 0) is 6.42 Å². The van der Waals surface area contributed by atoms with Crippen LogP contribution in [0.25, 0.3) is 0 Å². The van der Waals surface area contributed by atoms with Gasteiger partial charge in [-0.2, -0.15) is 0 Å². The van der Waals surface area contributed by atoms with Crippen LogP contribution in [0.4, 0.5) is 0 Å². The lowest BCUT2D eigenvalue weighted by Crippen LogP contribution is -2.43. The van der Waals surface area contributed by atoms with Crippen molar-refractivity contribution in [3.05, 3.63) is 33.5 Å². The Bertz CT molecular complexity index is 437. The predicted molar refractivity (Wildman–Crippen MR) is 95.1 cm³/mol. The van der Waals surface area contributed by atoms with E-state index in [1.54, 1.807) is 18.4 Å². The molecule has 0 aliphatic heterocycles. The van der Waals surface area contributed by atoms with E-state index in [4.69, 9.17) is 11.6 Å². The molecule has 0 fully saturated rings. The van der Waals surface area contributed by atoms with Gasteiger partial charge in [-0.05, 0) is 31.4 Å². The number of halogens is 2. The molecule has 0 bridgehead atoms. The summed E-state index contributed by atoms with van der Waals surface area (Å²) in [4.78, 5) is 5.53. The molecule has 19 heavy (non-hydrogen) atoms. The maximum atomic E-state index is 5.90. The fourth-order valence-corrected chi connectivity index (χ4v) is 3.00. The average Bonchev–Trinajstić information content (AvgIpc) is 3.00. The third-order valence-corrected chi connectivity index (χ3v) is 4.16. The Labute approximate surface area is 140 Å². The van der Waals surface area contributed by atoms with E-state index in [9.17, 15) is 0 Å². The summed E-state index contributed by atoms with van der Waals surface area (Å²) in [5, 5.41) is 6.74. The zero-order chi connectivity index (χ0) is 12.8. The molecule has 0 saturated heterocycles. The van der Waals surface area contributed by atoms with Gasteiger partial charge in [0.05, 0.1) is 4.34 Å². The summed E-state index contributed by atoms with van der Waals surface area (Å²) in [6, 6.07) is 4.51. The van der Waals surface area contributed by atoms with E-state index >= 15 is 0 Å². The molecule has 0 radical (unpaired) electrons. The van der Waals surface area contributed by atoms with Crippen LogP contribution in [0.3, 0.4) is 0 Å². The van der Waals surface area contributed by atoms with Gasteiger partial charge in [0.1, 0.15) is 0 Å². The van der Waals surface area contributed by atoms with Gasteiger partial charge in [0, 0.05) is 24.5 Å². The number of aliphatic imine (C=N–C) groups is 1. The molecule has 2 rings (SSSR count). The van der Waals surface area contributed by atoms with Crippen LogP contribution in [0.5, 0.6) is 0 Å². The normalized spacial score (nSPS) is 15.4. The standard InChI is InChI=1S/C13H18ClN3S.HI/c1-15-13(17-10-4-2-3-5-10)16-9-8-11-6-7-12(14)18-11;/h2-3,6-7,10H,4-5,8-9H2,1H3,(H2,15,16,17);1H. The number of hydrogen-bond donors (Lipinski definition) is 2. The highest BCUT2D eigenvalue weighted by Gasteiger charge is 2.11. The molecule has 3 nitrogen and oxygen atoms in total. The predicted octanol–water partition coefficient (Wildman–Crippen LogP) is 3.45. The van der Waals surface area contributed by atoms with E-state index in [1.165, 1.54) is 4.88 Å². The molecule has 0 aromatic carbocycles. The van der Waals surface area contributed by atoms with Crippen LogP contribution in [0.1, 0.15) is 17.7 Å². The zero-order valence-corrected chi connectivity index (χ0v) is 14.8. The summed E-state index contributed by atoms with van der Waals surface area (Å²) in [5.41, 5.74) is 0. The Morgan fingerprint density at radius 3 is 2.74 bits per heavy atom.